The van der Waals surface area contributed by atoms with E-state index in [0.29, 0.717) is 5.92 Å². The lowest BCUT2D eigenvalue weighted by Gasteiger charge is -2.26. The van der Waals surface area contributed by atoms with Crippen molar-refractivity contribution in [2.45, 2.75) is 46.1 Å². The summed E-state index contributed by atoms with van der Waals surface area (Å²) in [5, 5.41) is 3.10. The Labute approximate surface area is 123 Å². The molecule has 0 saturated heterocycles. The highest BCUT2D eigenvalue weighted by molar-refractivity contribution is 9.10. The van der Waals surface area contributed by atoms with Crippen molar-refractivity contribution in [3.05, 3.63) is 22.4 Å². The fourth-order valence-electron chi connectivity index (χ4n) is 3.00. The van der Waals surface area contributed by atoms with Gasteiger partial charge in [-0.2, -0.15) is 0 Å². The van der Waals surface area contributed by atoms with E-state index in [0.717, 1.165) is 29.2 Å². The van der Waals surface area contributed by atoms with Crippen LogP contribution in [-0.2, 0) is 6.54 Å². The summed E-state index contributed by atoms with van der Waals surface area (Å²) in [6.07, 6.45) is 7.11. The van der Waals surface area contributed by atoms with Crippen LogP contribution < -0.4 is 5.32 Å². The Hall–Kier alpha value is -0.770. The standard InChI is InChI=1S/C15H23BrN2O/c1-3-18-10-13(16)8-14(18)15(19)17-9-12-6-4-5-11(2)7-12/h8,10-12H,3-7,9H2,1-2H3,(H,17,19). The summed E-state index contributed by atoms with van der Waals surface area (Å²) in [4.78, 5) is 12.2. The molecule has 1 fully saturated rings. The van der Waals surface area contributed by atoms with Gasteiger partial charge in [-0.15, -0.1) is 0 Å². The average molecular weight is 327 g/mol. The molecule has 0 bridgehead atoms. The van der Waals surface area contributed by atoms with Gasteiger partial charge in [0.05, 0.1) is 0 Å². The number of aromatic nitrogens is 1. The third-order valence-corrected chi connectivity index (χ3v) is 4.47. The summed E-state index contributed by atoms with van der Waals surface area (Å²) in [6, 6.07) is 1.89. The summed E-state index contributed by atoms with van der Waals surface area (Å²) < 4.78 is 2.94. The molecule has 4 heteroatoms. The van der Waals surface area contributed by atoms with Gasteiger partial charge in [0.1, 0.15) is 5.69 Å². The van der Waals surface area contributed by atoms with E-state index in [1.807, 2.05) is 23.8 Å². The van der Waals surface area contributed by atoms with Crippen LogP contribution in [0.2, 0.25) is 0 Å². The molecule has 1 N–H and O–H groups in total. The highest BCUT2D eigenvalue weighted by Crippen LogP contribution is 2.28. The third kappa shape index (κ3) is 3.85. The predicted octanol–water partition coefficient (Wildman–Crippen LogP) is 3.83. The Balaban J connectivity index is 1.90. The van der Waals surface area contributed by atoms with Crippen LogP contribution in [0.4, 0.5) is 0 Å². The molecule has 1 aliphatic rings. The smallest absolute Gasteiger partial charge is 0.267 e. The van der Waals surface area contributed by atoms with Gasteiger partial charge in [0.25, 0.3) is 5.91 Å². The van der Waals surface area contributed by atoms with Crippen molar-refractivity contribution in [3.63, 3.8) is 0 Å². The molecule has 19 heavy (non-hydrogen) atoms. The van der Waals surface area contributed by atoms with Crippen molar-refractivity contribution in [2.24, 2.45) is 11.8 Å². The molecule has 1 aromatic heterocycles. The average Bonchev–Trinajstić information content (AvgIpc) is 2.77. The number of carbonyl (C=O) groups excluding carboxylic acids is 1. The van der Waals surface area contributed by atoms with Gasteiger partial charge in [0.15, 0.2) is 0 Å². The van der Waals surface area contributed by atoms with Crippen molar-refractivity contribution in [3.8, 4) is 0 Å². The maximum Gasteiger partial charge on any atom is 0.267 e. The molecule has 106 valence electrons. The number of nitrogens with one attached hydrogen (secondary N) is 1. The van der Waals surface area contributed by atoms with E-state index in [-0.39, 0.29) is 5.91 Å². The van der Waals surface area contributed by atoms with Crippen LogP contribution in [0.25, 0.3) is 0 Å². The largest absolute Gasteiger partial charge is 0.350 e. The van der Waals surface area contributed by atoms with Crippen LogP contribution in [0.3, 0.4) is 0 Å². The fraction of sp³-hybridized carbons (Fsp3) is 0.667. The molecule has 1 amide bonds. The maximum atomic E-state index is 12.2. The molecule has 3 nitrogen and oxygen atoms in total. The van der Waals surface area contributed by atoms with Gasteiger partial charge in [-0.1, -0.05) is 19.8 Å². The van der Waals surface area contributed by atoms with E-state index in [2.05, 4.69) is 28.2 Å². The lowest BCUT2D eigenvalue weighted by Crippen LogP contribution is -2.32. The number of rotatable bonds is 4. The Morgan fingerprint density at radius 3 is 3.00 bits per heavy atom. The normalized spacial score (nSPS) is 23.3. The van der Waals surface area contributed by atoms with Crippen molar-refractivity contribution in [1.82, 2.24) is 9.88 Å². The predicted molar refractivity (Wildman–Crippen MR) is 81.3 cm³/mol. The Morgan fingerprint density at radius 2 is 2.32 bits per heavy atom. The zero-order valence-electron chi connectivity index (χ0n) is 11.8. The molecule has 1 saturated carbocycles. The zero-order valence-corrected chi connectivity index (χ0v) is 13.4. The third-order valence-electron chi connectivity index (χ3n) is 4.03. The number of hydrogen-bond acceptors (Lipinski definition) is 1. The van der Waals surface area contributed by atoms with Crippen LogP contribution in [0.5, 0.6) is 0 Å². The molecule has 0 radical (unpaired) electrons. The minimum absolute atomic E-state index is 0.0470. The molecule has 0 spiro atoms. The molecule has 0 aliphatic heterocycles. The number of nitrogens with zero attached hydrogens (tertiary/aromatic N) is 1. The first-order chi connectivity index (χ1) is 9.10. The maximum absolute atomic E-state index is 12.2. The van der Waals surface area contributed by atoms with Crippen LogP contribution in [-0.4, -0.2) is 17.0 Å². The molecule has 1 heterocycles. The van der Waals surface area contributed by atoms with E-state index in [4.69, 9.17) is 0 Å². The van der Waals surface area contributed by atoms with Crippen LogP contribution in [0.1, 0.15) is 50.0 Å². The highest BCUT2D eigenvalue weighted by atomic mass is 79.9. The molecular weight excluding hydrogens is 304 g/mol. The first kappa shape index (κ1) is 14.6. The van der Waals surface area contributed by atoms with Gasteiger partial charge in [-0.05, 0) is 53.6 Å². The lowest BCUT2D eigenvalue weighted by atomic mass is 9.82. The van der Waals surface area contributed by atoms with Gasteiger partial charge >= 0.3 is 0 Å². The minimum atomic E-state index is 0.0470. The van der Waals surface area contributed by atoms with Crippen molar-refractivity contribution < 1.29 is 4.79 Å². The first-order valence-corrected chi connectivity index (χ1v) is 8.03. The summed E-state index contributed by atoms with van der Waals surface area (Å²) in [5.41, 5.74) is 0.748. The van der Waals surface area contributed by atoms with Crippen LogP contribution >= 0.6 is 15.9 Å². The van der Waals surface area contributed by atoms with Gasteiger partial charge in [-0.3, -0.25) is 4.79 Å². The van der Waals surface area contributed by atoms with Crippen molar-refractivity contribution in [2.75, 3.05) is 6.54 Å². The quantitative estimate of drug-likeness (QED) is 0.896. The number of aryl methyl sites for hydroxylation is 1. The molecular formula is C15H23BrN2O. The highest BCUT2D eigenvalue weighted by Gasteiger charge is 2.20. The monoisotopic (exact) mass is 326 g/mol. The molecule has 2 rings (SSSR count). The fourth-order valence-corrected chi connectivity index (χ4v) is 3.46. The first-order valence-electron chi connectivity index (χ1n) is 7.24. The van der Waals surface area contributed by atoms with Crippen LogP contribution in [0.15, 0.2) is 16.7 Å². The Bertz CT molecular complexity index is 441. The second-order valence-corrected chi connectivity index (χ2v) is 6.59. The van der Waals surface area contributed by atoms with Gasteiger partial charge in [-0.25, -0.2) is 0 Å². The van der Waals surface area contributed by atoms with E-state index in [1.165, 1.54) is 25.7 Å². The SMILES string of the molecule is CCn1cc(Br)cc1C(=O)NCC1CCCC(C)C1. The molecule has 2 unspecified atom stereocenters. The molecule has 1 aliphatic carbocycles. The molecule has 0 aromatic carbocycles. The molecule has 2 atom stereocenters. The van der Waals surface area contributed by atoms with Crippen LogP contribution in [0, 0.1) is 11.8 Å². The zero-order chi connectivity index (χ0) is 13.8. The molecule has 1 aromatic rings. The van der Waals surface area contributed by atoms with Crippen molar-refractivity contribution in [1.29, 1.82) is 0 Å². The van der Waals surface area contributed by atoms with Gasteiger partial charge < -0.3 is 9.88 Å². The number of carbonyl (C=O) groups is 1. The second kappa shape index (κ2) is 6.60. The summed E-state index contributed by atoms with van der Waals surface area (Å²) in [5.74, 6) is 1.51. The van der Waals surface area contributed by atoms with E-state index < -0.39 is 0 Å². The number of hydrogen-bond donors (Lipinski definition) is 1. The van der Waals surface area contributed by atoms with E-state index in [1.54, 1.807) is 0 Å². The van der Waals surface area contributed by atoms with Gasteiger partial charge in [0.2, 0.25) is 0 Å². The van der Waals surface area contributed by atoms with Gasteiger partial charge in [0, 0.05) is 23.8 Å². The number of halogens is 1. The topological polar surface area (TPSA) is 34.0 Å². The Kier molecular flexibility index (Phi) is 5.08. The second-order valence-electron chi connectivity index (χ2n) is 5.68. The summed E-state index contributed by atoms with van der Waals surface area (Å²) in [6.45, 7) is 5.99. The number of amides is 1. The minimum Gasteiger partial charge on any atom is -0.350 e. The lowest BCUT2D eigenvalue weighted by molar-refractivity contribution is 0.0931. The van der Waals surface area contributed by atoms with Crippen molar-refractivity contribution >= 4 is 21.8 Å². The summed E-state index contributed by atoms with van der Waals surface area (Å²) >= 11 is 3.43. The summed E-state index contributed by atoms with van der Waals surface area (Å²) in [7, 11) is 0. The van der Waals surface area contributed by atoms with E-state index in [9.17, 15) is 4.79 Å². The van der Waals surface area contributed by atoms with E-state index >= 15 is 0 Å². The Morgan fingerprint density at radius 1 is 1.53 bits per heavy atom.